The molecule has 13 aromatic rings. The molecule has 3 fully saturated rings. The van der Waals surface area contributed by atoms with Crippen molar-refractivity contribution in [3.05, 3.63) is 287 Å². The summed E-state index contributed by atoms with van der Waals surface area (Å²) in [5, 5.41) is 28.5. The zero-order chi connectivity index (χ0) is 106. The molecule has 7 aromatic heterocycles. The highest BCUT2D eigenvalue weighted by molar-refractivity contribution is 6.32. The number of pyridine rings is 1. The van der Waals surface area contributed by atoms with Gasteiger partial charge in [-0.05, 0) is 172 Å². The Bertz CT molecular complexity index is 6780. The molecule has 35 nitrogen and oxygen atoms in total. The third-order valence-corrected chi connectivity index (χ3v) is 21.7. The van der Waals surface area contributed by atoms with Crippen LogP contribution in [-0.4, -0.2) is 235 Å². The normalized spacial score (nSPS) is 14.3. The number of morpholine rings is 1. The van der Waals surface area contributed by atoms with E-state index in [4.69, 9.17) is 16.3 Å². The number of alkyl halides is 15. The molecule has 4 amide bonds. The molecule has 0 saturated carbocycles. The number of hydrazine groups is 4. The molecule has 0 spiro atoms. The number of nitrogens with one attached hydrogen (secondary N) is 6. The molecular weight excluding hydrogens is 1980 g/mol. The van der Waals surface area contributed by atoms with E-state index in [0.717, 1.165) is 107 Å². The van der Waals surface area contributed by atoms with Crippen LogP contribution in [0.3, 0.4) is 0 Å². The van der Waals surface area contributed by atoms with Crippen LogP contribution in [0.2, 0.25) is 5.02 Å². The van der Waals surface area contributed by atoms with Gasteiger partial charge in [-0.1, -0.05) is 48.9 Å². The molecule has 0 bridgehead atoms. The topological polar surface area (TPSA) is 375 Å². The fourth-order valence-corrected chi connectivity index (χ4v) is 14.3. The number of rotatable bonds is 26. The van der Waals surface area contributed by atoms with Crippen LogP contribution in [0.25, 0.3) is 87.9 Å². The summed E-state index contributed by atoms with van der Waals surface area (Å²) in [5.74, 6) is -0.598. The van der Waals surface area contributed by atoms with E-state index in [0.29, 0.717) is 73.2 Å². The Balaban J connectivity index is 0.000000164. The van der Waals surface area contributed by atoms with E-state index in [9.17, 15) is 89.8 Å². The number of anilines is 2. The molecule has 16 rings (SSSR count). The van der Waals surface area contributed by atoms with E-state index in [1.807, 2.05) is 28.2 Å². The number of benzene rings is 6. The van der Waals surface area contributed by atoms with Crippen LogP contribution in [-0.2, 0) is 66.1 Å². The van der Waals surface area contributed by atoms with Crippen LogP contribution < -0.4 is 32.4 Å². The van der Waals surface area contributed by atoms with Gasteiger partial charge in [-0.2, -0.15) is 65.9 Å². The van der Waals surface area contributed by atoms with Crippen LogP contribution >= 0.6 is 11.6 Å². The summed E-state index contributed by atoms with van der Waals surface area (Å²) >= 11 is 5.77. The maximum Gasteiger partial charge on any atom is 0.417 e. The first-order chi connectivity index (χ1) is 69.9. The molecule has 0 radical (unpaired) electrons. The number of carbonyl (C=O) groups excluding carboxylic acids is 5. The fourth-order valence-electron chi connectivity index (χ4n) is 14.1. The standard InChI is InChI=1S/C24H25F3N6O.C19H23F3N6O.C18H14ClF3N6O.C18H15F3N6O.C17H18F3N5O2/c1-18-13-20(15-21(14-18)24(25,26)27)23-28-17-33(30-23)8-7-22(34)29-32-11-9-31(10-12-32)16-19-5-3-2-4-6-19;1-3-26-6-8-27(9-7-26)24-17(29)4-5-28-13-23-18(25-28)15-10-14(2)11-16(12-15)19(20,21)22;1-11-6-12(7-14(16(11)19)18(20,21)22)17-26-10-28(27-17)5-2-13(29)8-25-15-9-23-3-4-24-15;1-12-8-13(10-14(9-12)18(19,20)21)17-23-11-27(26-17)7-4-16(28)25-24-15-2-5-22-6-3-15;1-12-8-13(10-14(9-12)17(18,19)20)16-21-11-25(23-16)3-2-15(26)22-24-4-6-27-7-5-24/h2-8,13-15,17H,9-12,16H2,1H3,(H,29,34);4-5,10-13H,3,6-9H2,1-2H3,(H,24,29);2-7,9-10H,8H2,1H3,(H,24,25);2-11H,1H3,(H,22,24)(H,25,28);2-3,8-11H,4-7H2,1H3,(H,22,26)/b8-7-;5-4-;5-2-;7-4-;3-2-. The zero-order valence-electron chi connectivity index (χ0n) is 79.1. The van der Waals surface area contributed by atoms with Crippen molar-refractivity contribution in [2.45, 2.75) is 79.0 Å². The van der Waals surface area contributed by atoms with Crippen LogP contribution in [0.4, 0.5) is 77.4 Å². The number of ether oxygens (including phenoxy) is 1. The van der Waals surface area contributed by atoms with Crippen molar-refractivity contribution in [2.24, 2.45) is 0 Å². The summed E-state index contributed by atoms with van der Waals surface area (Å²) < 4.78 is 207. The van der Waals surface area contributed by atoms with Crippen LogP contribution in [0, 0.1) is 34.6 Å². The summed E-state index contributed by atoms with van der Waals surface area (Å²) in [4.78, 5) is 96.4. The highest BCUT2D eigenvalue weighted by atomic mass is 35.5. The third kappa shape index (κ3) is 34.7. The lowest BCUT2D eigenvalue weighted by Crippen LogP contribution is -2.53. The molecule has 10 heterocycles. The smallest absolute Gasteiger partial charge is 0.379 e. The lowest BCUT2D eigenvalue weighted by molar-refractivity contribution is -0.138. The minimum absolute atomic E-state index is 0.0118. The highest BCUT2D eigenvalue weighted by Crippen LogP contribution is 2.41. The molecule has 0 atom stereocenters. The second-order valence-corrected chi connectivity index (χ2v) is 33.2. The fraction of sp³-hybridized carbons (Fsp3) is 0.271. The van der Waals surface area contributed by atoms with E-state index >= 15 is 0 Å². The summed E-state index contributed by atoms with van der Waals surface area (Å²) in [7, 11) is 0. The van der Waals surface area contributed by atoms with Gasteiger partial charge in [0.15, 0.2) is 34.9 Å². The van der Waals surface area contributed by atoms with Gasteiger partial charge in [0.25, 0.3) is 23.6 Å². The van der Waals surface area contributed by atoms with Gasteiger partial charge in [-0.25, -0.2) is 68.3 Å². The Kier molecular flexibility index (Phi) is 37.8. The number of likely N-dealkylation sites (N-methyl/N-ethyl adjacent to an activating group) is 1. The van der Waals surface area contributed by atoms with Gasteiger partial charge in [0.2, 0.25) is 0 Å². The first-order valence-electron chi connectivity index (χ1n) is 44.7. The number of aryl methyl sites for hydroxylation is 5. The largest absolute Gasteiger partial charge is 0.417 e. The van der Waals surface area contributed by atoms with Crippen molar-refractivity contribution in [1.82, 2.24) is 135 Å². The number of halogens is 16. The third-order valence-electron chi connectivity index (χ3n) is 21.2. The van der Waals surface area contributed by atoms with Gasteiger partial charge in [-0.3, -0.25) is 66.0 Å². The second kappa shape index (κ2) is 50.6. The van der Waals surface area contributed by atoms with Crippen molar-refractivity contribution in [2.75, 3.05) is 102 Å². The van der Waals surface area contributed by atoms with Gasteiger partial charge in [0.05, 0.1) is 64.5 Å². The van der Waals surface area contributed by atoms with Gasteiger partial charge in [0.1, 0.15) is 37.5 Å². The minimum atomic E-state index is -4.59. The molecule has 3 aliphatic heterocycles. The van der Waals surface area contributed by atoms with Gasteiger partial charge in [0, 0.05) is 186 Å². The summed E-state index contributed by atoms with van der Waals surface area (Å²) in [6.07, 6.45) is 5.05. The molecule has 3 saturated heterocycles. The highest BCUT2D eigenvalue weighted by Gasteiger charge is 2.37. The maximum absolute atomic E-state index is 13.1. The van der Waals surface area contributed by atoms with E-state index < -0.39 is 64.6 Å². The number of carbonyl (C=O) groups is 5. The number of ketones is 1. The predicted octanol–water partition coefficient (Wildman–Crippen LogP) is 15.3. The molecule has 51 heteroatoms. The first kappa shape index (κ1) is 110. The maximum atomic E-state index is 13.1. The van der Waals surface area contributed by atoms with Crippen molar-refractivity contribution in [3.8, 4) is 56.9 Å². The zero-order valence-corrected chi connectivity index (χ0v) is 79.8. The number of hydrogen-bond acceptors (Lipinski definition) is 26. The lowest BCUT2D eigenvalue weighted by atomic mass is 10.1. The average Bonchev–Trinajstić information content (AvgIpc) is 1.74. The molecule has 0 aliphatic carbocycles. The predicted molar refractivity (Wildman–Crippen MR) is 513 cm³/mol. The molecular formula is C96H95ClF15N29O6. The van der Waals surface area contributed by atoms with Gasteiger partial charge >= 0.3 is 30.9 Å². The molecule has 6 N–H and O–H groups in total. The summed E-state index contributed by atoms with van der Waals surface area (Å²) in [6.45, 7) is 20.4. The molecule has 6 aromatic carbocycles. The Morgan fingerprint density at radius 1 is 0.388 bits per heavy atom. The Labute approximate surface area is 834 Å². The van der Waals surface area contributed by atoms with Crippen molar-refractivity contribution < 1.29 is 94.6 Å². The molecule has 772 valence electrons. The molecule has 3 aliphatic rings. The van der Waals surface area contributed by atoms with E-state index in [1.54, 1.807) is 81.5 Å². The van der Waals surface area contributed by atoms with Gasteiger partial charge < -0.3 is 15.0 Å². The van der Waals surface area contributed by atoms with Crippen LogP contribution in [0.5, 0.6) is 0 Å². The van der Waals surface area contributed by atoms with Crippen LogP contribution in [0.1, 0.15) is 68.1 Å². The van der Waals surface area contributed by atoms with E-state index in [1.165, 1.54) is 154 Å². The lowest BCUT2D eigenvalue weighted by Gasteiger charge is -2.34. The monoisotopic (exact) mass is 2070 g/mol. The Morgan fingerprint density at radius 2 is 0.748 bits per heavy atom. The van der Waals surface area contributed by atoms with Crippen molar-refractivity contribution in [3.63, 3.8) is 0 Å². The van der Waals surface area contributed by atoms with Crippen LogP contribution in [0.15, 0.2) is 220 Å². The molecule has 147 heavy (non-hydrogen) atoms. The quantitative estimate of drug-likeness (QED) is 0.0167. The van der Waals surface area contributed by atoms with Gasteiger partial charge in [-0.15, -0.1) is 25.5 Å². The number of piperazine rings is 2. The number of nitrogens with zero attached hydrogens (tertiary/aromatic N) is 23. The summed E-state index contributed by atoms with van der Waals surface area (Å²) in [5.41, 5.74) is 14.7. The molecule has 0 unspecified atom stereocenters. The number of hydrogen-bond donors (Lipinski definition) is 6. The van der Waals surface area contributed by atoms with E-state index in [2.05, 4.69) is 127 Å². The first-order valence-corrected chi connectivity index (χ1v) is 45.1. The number of aromatic nitrogens is 18. The van der Waals surface area contributed by atoms with Crippen molar-refractivity contribution >= 4 is 83.5 Å². The second-order valence-electron chi connectivity index (χ2n) is 32.8. The van der Waals surface area contributed by atoms with Crippen molar-refractivity contribution in [1.29, 1.82) is 0 Å². The SMILES string of the molecule is CCN1CCN(NC(=O)/C=C\n2cnc(-c3cc(C)cc(C(F)(F)F)c3)n2)CC1.Cc1cc(-c2ncn(/C=C\C(=O)CNc3cnccn3)n2)cc(C(F)(F)F)c1Cl.Cc1cc(-c2ncn(/C=C\C(=O)NN3CCN(Cc4ccccc4)CC3)n2)cc(C(F)(F)F)c1.Cc1cc(-c2ncn(/C=C\C(=O)NN3CCOCC3)n2)cc(C(F)(F)F)c1.Cc1cc(-c2ncn(/C=C\C(=O)NNc3ccncc3)n2)cc(C(F)(F)F)c1. The minimum Gasteiger partial charge on any atom is -0.379 e. The number of amides is 4. The Hall–Kier alpha value is -15.9. The average molecular weight is 2070 g/mol. The Morgan fingerprint density at radius 3 is 1.11 bits per heavy atom. The summed E-state index contributed by atoms with van der Waals surface area (Å²) in [6, 6.07) is 30.5. The van der Waals surface area contributed by atoms with E-state index in [-0.39, 0.29) is 97.6 Å².